The number of alkyl halides is 1. The van der Waals surface area contributed by atoms with Gasteiger partial charge in [-0.05, 0) is 19.1 Å². The molecule has 17 heavy (non-hydrogen) atoms. The molecule has 6 heteroatoms. The van der Waals surface area contributed by atoms with E-state index in [0.29, 0.717) is 16.3 Å². The molecule has 1 aliphatic rings. The van der Waals surface area contributed by atoms with Crippen LogP contribution in [0.1, 0.15) is 12.5 Å². The van der Waals surface area contributed by atoms with Gasteiger partial charge in [-0.3, -0.25) is 0 Å². The Morgan fingerprint density at radius 2 is 2.06 bits per heavy atom. The zero-order chi connectivity index (χ0) is 12.5. The summed E-state index contributed by atoms with van der Waals surface area (Å²) in [6.45, 7) is 3.45. The van der Waals surface area contributed by atoms with Gasteiger partial charge in [-0.2, -0.15) is 8.42 Å². The van der Waals surface area contributed by atoms with Gasteiger partial charge in [-0.15, -0.1) is 4.40 Å². The van der Waals surface area contributed by atoms with E-state index in [1.807, 2.05) is 17.9 Å². The maximum atomic E-state index is 11.9. The lowest BCUT2D eigenvalue weighted by Gasteiger charge is -2.21. The predicted molar refractivity (Wildman–Crippen MR) is 71.2 cm³/mol. The minimum atomic E-state index is -3.50. The molecule has 1 aliphatic heterocycles. The quantitative estimate of drug-likeness (QED) is 0.800. The molecular formula is C11H13BrN2O2S. The largest absolute Gasteiger partial charge is 0.355 e. The lowest BCUT2D eigenvalue weighted by molar-refractivity contribution is 0.472. The van der Waals surface area contributed by atoms with Crippen molar-refractivity contribution in [2.45, 2.75) is 11.8 Å². The lowest BCUT2D eigenvalue weighted by Crippen LogP contribution is -2.32. The molecule has 0 fully saturated rings. The van der Waals surface area contributed by atoms with Crippen LogP contribution in [0.15, 0.2) is 33.6 Å². The number of sulfonamides is 1. The highest BCUT2D eigenvalue weighted by molar-refractivity contribution is 9.09. The van der Waals surface area contributed by atoms with E-state index in [0.717, 1.165) is 18.4 Å². The molecule has 0 spiro atoms. The SMILES string of the molecule is CCN(CCBr)C1=NS(=O)(=O)c2ccccc21. The first-order chi connectivity index (χ1) is 8.10. The topological polar surface area (TPSA) is 49.7 Å². The standard InChI is InChI=1S/C11H13BrN2O2S/c1-2-14(8-7-12)11-9-5-3-4-6-10(9)17(15,16)13-11/h3-6H,2,7-8H2,1H3. The molecule has 0 saturated carbocycles. The van der Waals surface area contributed by atoms with Gasteiger partial charge in [0.15, 0.2) is 5.84 Å². The summed E-state index contributed by atoms with van der Waals surface area (Å²) in [5, 5.41) is 0.780. The van der Waals surface area contributed by atoms with Crippen LogP contribution in [-0.4, -0.2) is 37.6 Å². The van der Waals surface area contributed by atoms with E-state index in [2.05, 4.69) is 20.3 Å². The van der Waals surface area contributed by atoms with Gasteiger partial charge in [-0.25, -0.2) is 0 Å². The van der Waals surface area contributed by atoms with Crippen LogP contribution in [0, 0.1) is 0 Å². The Kier molecular flexibility index (Phi) is 3.53. The molecule has 0 atom stereocenters. The molecule has 0 N–H and O–H groups in total. The summed E-state index contributed by atoms with van der Waals surface area (Å²) in [4.78, 5) is 2.26. The second-order valence-electron chi connectivity index (χ2n) is 3.65. The summed E-state index contributed by atoms with van der Waals surface area (Å²) in [7, 11) is -3.50. The highest BCUT2D eigenvalue weighted by atomic mass is 79.9. The smallest absolute Gasteiger partial charge is 0.285 e. The molecule has 0 radical (unpaired) electrons. The molecule has 4 nitrogen and oxygen atoms in total. The van der Waals surface area contributed by atoms with Crippen LogP contribution in [0.5, 0.6) is 0 Å². The van der Waals surface area contributed by atoms with E-state index in [4.69, 9.17) is 0 Å². The van der Waals surface area contributed by atoms with Crippen molar-refractivity contribution < 1.29 is 8.42 Å². The van der Waals surface area contributed by atoms with Crippen molar-refractivity contribution in [2.24, 2.45) is 4.40 Å². The van der Waals surface area contributed by atoms with Gasteiger partial charge in [-0.1, -0.05) is 28.1 Å². The normalized spacial score (nSPS) is 16.5. The van der Waals surface area contributed by atoms with Crippen molar-refractivity contribution in [1.29, 1.82) is 0 Å². The summed E-state index contributed by atoms with van der Waals surface area (Å²) in [5.74, 6) is 0.558. The van der Waals surface area contributed by atoms with E-state index in [1.165, 1.54) is 0 Å². The molecule has 92 valence electrons. The van der Waals surface area contributed by atoms with Crippen LogP contribution in [-0.2, 0) is 10.0 Å². The summed E-state index contributed by atoms with van der Waals surface area (Å²) in [6.07, 6.45) is 0. The van der Waals surface area contributed by atoms with Gasteiger partial charge in [0.1, 0.15) is 4.90 Å². The Morgan fingerprint density at radius 1 is 1.35 bits per heavy atom. The number of hydrogen-bond donors (Lipinski definition) is 0. The van der Waals surface area contributed by atoms with Gasteiger partial charge in [0, 0.05) is 24.0 Å². The summed E-state index contributed by atoms with van der Waals surface area (Å²) >= 11 is 3.36. The van der Waals surface area contributed by atoms with Crippen LogP contribution in [0.4, 0.5) is 0 Å². The second kappa shape index (κ2) is 4.78. The van der Waals surface area contributed by atoms with Crippen LogP contribution in [0.3, 0.4) is 0 Å². The molecule has 2 rings (SSSR count). The minimum Gasteiger partial charge on any atom is -0.355 e. The lowest BCUT2D eigenvalue weighted by atomic mass is 10.2. The molecule has 1 heterocycles. The summed E-state index contributed by atoms with van der Waals surface area (Å²) < 4.78 is 27.6. The Labute approximate surface area is 110 Å². The average Bonchev–Trinajstić information content (AvgIpc) is 2.59. The van der Waals surface area contributed by atoms with Crippen LogP contribution in [0.25, 0.3) is 0 Å². The van der Waals surface area contributed by atoms with Crippen molar-refractivity contribution in [3.8, 4) is 0 Å². The molecular weight excluding hydrogens is 304 g/mol. The van der Waals surface area contributed by atoms with E-state index in [1.54, 1.807) is 18.2 Å². The molecule has 0 aromatic heterocycles. The van der Waals surface area contributed by atoms with Gasteiger partial charge >= 0.3 is 0 Å². The molecule has 1 aromatic rings. The zero-order valence-electron chi connectivity index (χ0n) is 9.43. The maximum absolute atomic E-state index is 11.9. The minimum absolute atomic E-state index is 0.308. The fourth-order valence-electron chi connectivity index (χ4n) is 1.83. The molecule has 0 aliphatic carbocycles. The van der Waals surface area contributed by atoms with Crippen molar-refractivity contribution in [3.05, 3.63) is 29.8 Å². The first-order valence-electron chi connectivity index (χ1n) is 5.35. The zero-order valence-corrected chi connectivity index (χ0v) is 11.8. The highest BCUT2D eigenvalue weighted by Gasteiger charge is 2.30. The molecule has 0 unspecified atom stereocenters. The number of benzene rings is 1. The third-order valence-electron chi connectivity index (χ3n) is 2.65. The highest BCUT2D eigenvalue weighted by Crippen LogP contribution is 2.27. The monoisotopic (exact) mass is 316 g/mol. The number of amidine groups is 1. The third kappa shape index (κ3) is 2.24. The number of halogens is 1. The van der Waals surface area contributed by atoms with Crippen molar-refractivity contribution in [1.82, 2.24) is 4.90 Å². The molecule has 0 amide bonds. The van der Waals surface area contributed by atoms with Crippen LogP contribution in [0.2, 0.25) is 0 Å². The van der Waals surface area contributed by atoms with Crippen molar-refractivity contribution in [3.63, 3.8) is 0 Å². The second-order valence-corrected chi connectivity index (χ2v) is 6.02. The van der Waals surface area contributed by atoms with Crippen molar-refractivity contribution in [2.75, 3.05) is 18.4 Å². The number of rotatable bonds is 3. The first kappa shape index (κ1) is 12.6. The van der Waals surface area contributed by atoms with E-state index in [9.17, 15) is 8.42 Å². The Bertz CT molecular complexity index is 554. The Hall–Kier alpha value is -0.880. The predicted octanol–water partition coefficient (Wildman–Crippen LogP) is 1.85. The molecule has 0 saturated heterocycles. The molecule has 0 bridgehead atoms. The summed E-state index contributed by atoms with van der Waals surface area (Å²) in [5.41, 5.74) is 0.704. The van der Waals surface area contributed by atoms with Crippen LogP contribution >= 0.6 is 15.9 Å². The maximum Gasteiger partial charge on any atom is 0.285 e. The van der Waals surface area contributed by atoms with Crippen LogP contribution < -0.4 is 0 Å². The van der Waals surface area contributed by atoms with E-state index < -0.39 is 10.0 Å². The van der Waals surface area contributed by atoms with E-state index >= 15 is 0 Å². The van der Waals surface area contributed by atoms with Gasteiger partial charge < -0.3 is 4.90 Å². The third-order valence-corrected chi connectivity index (χ3v) is 4.33. The van der Waals surface area contributed by atoms with Gasteiger partial charge in [0.25, 0.3) is 10.0 Å². The number of nitrogens with zero attached hydrogens (tertiary/aromatic N) is 2. The Balaban J connectivity index is 2.50. The fourth-order valence-corrected chi connectivity index (χ4v) is 3.49. The van der Waals surface area contributed by atoms with Gasteiger partial charge in [0.2, 0.25) is 0 Å². The van der Waals surface area contributed by atoms with Crippen molar-refractivity contribution >= 4 is 31.8 Å². The van der Waals surface area contributed by atoms with E-state index in [-0.39, 0.29) is 0 Å². The first-order valence-corrected chi connectivity index (χ1v) is 7.91. The Morgan fingerprint density at radius 3 is 2.71 bits per heavy atom. The fraction of sp³-hybridized carbons (Fsp3) is 0.364. The number of fused-ring (bicyclic) bond motifs is 1. The van der Waals surface area contributed by atoms with Gasteiger partial charge in [0.05, 0.1) is 0 Å². The molecule has 1 aromatic carbocycles. The number of hydrogen-bond acceptors (Lipinski definition) is 3. The summed E-state index contributed by atoms with van der Waals surface area (Å²) in [6, 6.07) is 6.95. The average molecular weight is 317 g/mol.